The van der Waals surface area contributed by atoms with Gasteiger partial charge in [-0.3, -0.25) is 4.72 Å². The van der Waals surface area contributed by atoms with Gasteiger partial charge in [0.2, 0.25) is 0 Å². The average Bonchev–Trinajstić information content (AvgIpc) is 2.96. The van der Waals surface area contributed by atoms with Gasteiger partial charge >= 0.3 is 0 Å². The van der Waals surface area contributed by atoms with Gasteiger partial charge in [0.1, 0.15) is 13.2 Å². The summed E-state index contributed by atoms with van der Waals surface area (Å²) in [7, 11) is -1.73. The van der Waals surface area contributed by atoms with E-state index in [1.807, 2.05) is 17.4 Å². The summed E-state index contributed by atoms with van der Waals surface area (Å²) >= 11 is 1.65. The molecule has 0 radical (unpaired) electrons. The largest absolute Gasteiger partial charge is 0.486 e. The maximum Gasteiger partial charge on any atom is 0.262 e. The van der Waals surface area contributed by atoms with Gasteiger partial charge in [0, 0.05) is 12.8 Å². The predicted octanol–water partition coefficient (Wildman–Crippen LogP) is 2.86. The van der Waals surface area contributed by atoms with Crippen molar-refractivity contribution in [2.45, 2.75) is 10.6 Å². The third-order valence-corrected chi connectivity index (χ3v) is 6.31. The first-order valence-electron chi connectivity index (χ1n) is 7.45. The lowest BCUT2D eigenvalue weighted by atomic mass is 10.2. The topological polar surface area (TPSA) is 67.9 Å². The predicted molar refractivity (Wildman–Crippen MR) is 94.4 cm³/mol. The van der Waals surface area contributed by atoms with Crippen molar-refractivity contribution in [2.24, 2.45) is 0 Å². The average molecular weight is 364 g/mol. The van der Waals surface area contributed by atoms with E-state index in [0.717, 1.165) is 17.0 Å². The monoisotopic (exact) mass is 364 g/mol. The maximum absolute atomic E-state index is 12.7. The van der Waals surface area contributed by atoms with Crippen molar-refractivity contribution in [1.29, 1.82) is 0 Å². The summed E-state index contributed by atoms with van der Waals surface area (Å²) in [6.45, 7) is 0.855. The quantitative estimate of drug-likeness (QED) is 0.845. The summed E-state index contributed by atoms with van der Waals surface area (Å²) in [5.41, 5.74) is 2.45. The van der Waals surface area contributed by atoms with Gasteiger partial charge < -0.3 is 13.8 Å². The Morgan fingerprint density at radius 3 is 2.88 bits per heavy atom. The third kappa shape index (κ3) is 2.65. The molecule has 0 bridgehead atoms. The molecule has 0 aromatic heterocycles. The summed E-state index contributed by atoms with van der Waals surface area (Å²) in [6.07, 6.45) is 0. The first-order chi connectivity index (χ1) is 11.5. The third-order valence-electron chi connectivity index (χ3n) is 3.92. The van der Waals surface area contributed by atoms with Gasteiger partial charge in [-0.1, -0.05) is 6.07 Å². The molecule has 24 heavy (non-hydrogen) atoms. The molecule has 8 heteroatoms. The van der Waals surface area contributed by atoms with Crippen molar-refractivity contribution in [3.8, 4) is 11.5 Å². The number of nitrogens with zero attached hydrogens (tertiary/aromatic N) is 1. The van der Waals surface area contributed by atoms with Gasteiger partial charge in [-0.15, -0.1) is 0 Å². The number of hydrogen-bond donors (Lipinski definition) is 1. The summed E-state index contributed by atoms with van der Waals surface area (Å²) < 4.78 is 41.2. The van der Waals surface area contributed by atoms with Gasteiger partial charge in [-0.05, 0) is 47.8 Å². The van der Waals surface area contributed by atoms with Crippen molar-refractivity contribution < 1.29 is 17.9 Å². The highest BCUT2D eigenvalue weighted by Crippen LogP contribution is 2.40. The Balaban J connectivity index is 1.67. The molecule has 2 aromatic rings. The Hall–Kier alpha value is -2.06. The molecule has 0 fully saturated rings. The van der Waals surface area contributed by atoms with Crippen LogP contribution in [0.4, 0.5) is 11.4 Å². The fraction of sp³-hybridized carbons (Fsp3) is 0.250. The molecule has 126 valence electrons. The number of ether oxygens (including phenoxy) is 2. The van der Waals surface area contributed by atoms with Crippen molar-refractivity contribution in [2.75, 3.05) is 29.3 Å². The standard InChI is InChI=1S/C16H16N2O4S2/c1-18-14-6-5-12(9-11(14)10-23-18)24(19,20)17-13-3-2-4-15-16(13)22-8-7-21-15/h2-6,9,17H,7-8,10H2,1H3. The molecule has 2 aliphatic heterocycles. The van der Waals surface area contributed by atoms with Crippen molar-refractivity contribution in [3.05, 3.63) is 42.0 Å². The van der Waals surface area contributed by atoms with Crippen LogP contribution in [0.3, 0.4) is 0 Å². The molecule has 0 atom stereocenters. The van der Waals surface area contributed by atoms with E-state index in [0.29, 0.717) is 30.4 Å². The van der Waals surface area contributed by atoms with Crippen LogP contribution in [-0.2, 0) is 15.8 Å². The van der Waals surface area contributed by atoms with Gasteiger partial charge in [0.05, 0.1) is 16.3 Å². The lowest BCUT2D eigenvalue weighted by Crippen LogP contribution is -2.19. The highest BCUT2D eigenvalue weighted by atomic mass is 32.2. The first kappa shape index (κ1) is 15.5. The normalized spacial score (nSPS) is 16.0. The number of sulfonamides is 1. The van der Waals surface area contributed by atoms with Crippen LogP contribution in [-0.4, -0.2) is 28.7 Å². The molecular formula is C16H16N2O4S2. The minimum atomic E-state index is -3.70. The van der Waals surface area contributed by atoms with Gasteiger partial charge in [0.15, 0.2) is 11.5 Å². The molecule has 2 aromatic carbocycles. The Kier molecular flexibility index (Phi) is 3.73. The minimum Gasteiger partial charge on any atom is -0.486 e. The first-order valence-corrected chi connectivity index (χ1v) is 9.88. The molecule has 0 amide bonds. The molecule has 0 saturated carbocycles. The van der Waals surface area contributed by atoms with Crippen molar-refractivity contribution in [1.82, 2.24) is 0 Å². The van der Waals surface area contributed by atoms with Crippen LogP contribution < -0.4 is 18.5 Å². The zero-order valence-electron chi connectivity index (χ0n) is 13.0. The number of para-hydroxylation sites is 1. The Labute approximate surface area is 144 Å². The fourth-order valence-corrected chi connectivity index (χ4v) is 4.74. The molecule has 0 spiro atoms. The molecule has 2 aliphatic rings. The second-order valence-corrected chi connectivity index (χ2v) is 8.27. The smallest absolute Gasteiger partial charge is 0.262 e. The van der Waals surface area contributed by atoms with E-state index in [1.54, 1.807) is 42.3 Å². The summed E-state index contributed by atoms with van der Waals surface area (Å²) in [6, 6.07) is 10.3. The Morgan fingerprint density at radius 2 is 2.00 bits per heavy atom. The molecule has 1 N–H and O–H groups in total. The molecule has 4 rings (SSSR count). The van der Waals surface area contributed by atoms with Gasteiger partial charge in [-0.25, -0.2) is 8.42 Å². The van der Waals surface area contributed by atoms with Crippen LogP contribution >= 0.6 is 11.9 Å². The number of rotatable bonds is 3. The van der Waals surface area contributed by atoms with E-state index in [2.05, 4.69) is 4.72 Å². The highest BCUT2D eigenvalue weighted by Gasteiger charge is 2.24. The van der Waals surface area contributed by atoms with E-state index >= 15 is 0 Å². The number of hydrogen-bond acceptors (Lipinski definition) is 6. The van der Waals surface area contributed by atoms with Crippen LogP contribution in [0.2, 0.25) is 0 Å². The zero-order valence-corrected chi connectivity index (χ0v) is 14.6. The van der Waals surface area contributed by atoms with Crippen LogP contribution in [0.25, 0.3) is 0 Å². The van der Waals surface area contributed by atoms with E-state index in [1.165, 1.54) is 0 Å². The second-order valence-electron chi connectivity index (χ2n) is 5.50. The second kappa shape index (κ2) is 5.78. The Morgan fingerprint density at radius 1 is 1.17 bits per heavy atom. The van der Waals surface area contributed by atoms with Gasteiger partial charge in [-0.2, -0.15) is 0 Å². The molecule has 2 heterocycles. The fourth-order valence-electron chi connectivity index (χ4n) is 2.75. The van der Waals surface area contributed by atoms with Crippen molar-refractivity contribution >= 4 is 33.3 Å². The highest BCUT2D eigenvalue weighted by molar-refractivity contribution is 8.00. The maximum atomic E-state index is 12.7. The summed E-state index contributed by atoms with van der Waals surface area (Å²) in [5, 5.41) is 0. The molecule has 0 aliphatic carbocycles. The zero-order chi connectivity index (χ0) is 16.7. The summed E-state index contributed by atoms with van der Waals surface area (Å²) in [5.74, 6) is 1.75. The van der Waals surface area contributed by atoms with E-state index in [-0.39, 0.29) is 4.90 Å². The van der Waals surface area contributed by atoms with Crippen LogP contribution in [0.5, 0.6) is 11.5 Å². The number of nitrogens with one attached hydrogen (secondary N) is 1. The van der Waals surface area contributed by atoms with E-state index in [4.69, 9.17) is 9.47 Å². The molecule has 0 unspecified atom stereocenters. The molecule has 6 nitrogen and oxygen atoms in total. The SMILES string of the molecule is CN1SCc2cc(S(=O)(=O)Nc3cccc4c3OCCO4)ccc21. The van der Waals surface area contributed by atoms with Gasteiger partial charge in [0.25, 0.3) is 10.0 Å². The lowest BCUT2D eigenvalue weighted by molar-refractivity contribution is 0.172. The number of fused-ring (bicyclic) bond motifs is 2. The Bertz CT molecular complexity index is 899. The number of anilines is 2. The van der Waals surface area contributed by atoms with Crippen LogP contribution in [0.1, 0.15) is 5.56 Å². The van der Waals surface area contributed by atoms with Crippen molar-refractivity contribution in [3.63, 3.8) is 0 Å². The lowest BCUT2D eigenvalue weighted by Gasteiger charge is -2.21. The number of benzene rings is 2. The van der Waals surface area contributed by atoms with E-state index in [9.17, 15) is 8.42 Å². The minimum absolute atomic E-state index is 0.242. The van der Waals surface area contributed by atoms with E-state index < -0.39 is 10.0 Å². The van der Waals surface area contributed by atoms with Crippen LogP contribution in [0.15, 0.2) is 41.3 Å². The summed E-state index contributed by atoms with van der Waals surface area (Å²) in [4.78, 5) is 0.242. The molecule has 0 saturated heterocycles. The molecular weight excluding hydrogens is 348 g/mol. The van der Waals surface area contributed by atoms with Crippen LogP contribution in [0, 0.1) is 0 Å².